The third kappa shape index (κ3) is 5.97. The molecule has 6 rings (SSSR count). The van der Waals surface area contributed by atoms with E-state index in [1.165, 1.54) is 44.5 Å². The molecule has 2 aliphatic rings. The van der Waals surface area contributed by atoms with Gasteiger partial charge in [0, 0.05) is 31.0 Å². The molecule has 4 aromatic rings. The Morgan fingerprint density at radius 2 is 1.47 bits per heavy atom. The Kier molecular flexibility index (Phi) is 12.6. The first-order chi connectivity index (χ1) is 17.1. The van der Waals surface area contributed by atoms with Crippen LogP contribution in [-0.2, 0) is 32.6 Å². The Morgan fingerprint density at radius 3 is 2.16 bits per heavy atom. The van der Waals surface area contributed by atoms with Crippen LogP contribution in [0.15, 0.2) is 78.4 Å². The fourth-order valence-electron chi connectivity index (χ4n) is 5.46. The van der Waals surface area contributed by atoms with Crippen LogP contribution in [0, 0.1) is 6.07 Å². The van der Waals surface area contributed by atoms with E-state index in [9.17, 15) is 0 Å². The predicted molar refractivity (Wildman–Crippen MR) is 153 cm³/mol. The van der Waals surface area contributed by atoms with Crippen molar-refractivity contribution in [1.82, 2.24) is 0 Å². The number of benzene rings is 4. The SMILES string of the molecule is CCC1=Cc2c(-c3c(Cl)cccc3Cl)cccc2C1c1[c-]ccc2c1Cc1ccccc1-2.C[Si]C.[Cl-].[Cl-].[Zr+3]. The van der Waals surface area contributed by atoms with Crippen molar-refractivity contribution in [3.63, 3.8) is 0 Å². The second kappa shape index (κ2) is 14.5. The van der Waals surface area contributed by atoms with Crippen LogP contribution in [0.4, 0.5) is 0 Å². The topological polar surface area (TPSA) is 0 Å². The van der Waals surface area contributed by atoms with Gasteiger partial charge in [-0.15, -0.1) is 16.7 Å². The van der Waals surface area contributed by atoms with E-state index < -0.39 is 0 Å². The molecule has 0 aliphatic heterocycles. The van der Waals surface area contributed by atoms with Crippen LogP contribution in [-0.4, -0.2) is 9.52 Å². The van der Waals surface area contributed by atoms with E-state index in [1.54, 1.807) is 0 Å². The van der Waals surface area contributed by atoms with Gasteiger partial charge in [-0.3, -0.25) is 0 Å². The summed E-state index contributed by atoms with van der Waals surface area (Å²) >= 11 is 13.2. The van der Waals surface area contributed by atoms with Gasteiger partial charge in [0.25, 0.3) is 0 Å². The van der Waals surface area contributed by atoms with Crippen molar-refractivity contribution in [3.8, 4) is 22.3 Å². The molecule has 0 nitrogen and oxygen atoms in total. The molecule has 0 saturated heterocycles. The molecule has 0 spiro atoms. The zero-order valence-corrected chi connectivity index (χ0v) is 28.0. The fourth-order valence-corrected chi connectivity index (χ4v) is 6.06. The first-order valence-electron chi connectivity index (χ1n) is 12.1. The summed E-state index contributed by atoms with van der Waals surface area (Å²) in [6, 6.07) is 28.9. The molecule has 0 aromatic heterocycles. The van der Waals surface area contributed by atoms with Gasteiger partial charge in [-0.2, -0.15) is 18.2 Å². The van der Waals surface area contributed by atoms with Crippen molar-refractivity contribution in [2.75, 3.05) is 0 Å². The number of rotatable bonds is 3. The minimum Gasteiger partial charge on any atom is -1.00 e. The van der Waals surface area contributed by atoms with Crippen LogP contribution in [0.1, 0.15) is 47.1 Å². The van der Waals surface area contributed by atoms with Crippen LogP contribution in [0.5, 0.6) is 0 Å². The molecule has 6 heteroatoms. The van der Waals surface area contributed by atoms with Crippen LogP contribution < -0.4 is 24.8 Å². The van der Waals surface area contributed by atoms with Gasteiger partial charge in [0.05, 0.1) is 0 Å². The molecule has 0 saturated carbocycles. The minimum atomic E-state index is 0. The largest absolute Gasteiger partial charge is 3.00 e. The Balaban J connectivity index is 0.000000809. The molecule has 0 amide bonds. The molecule has 4 aromatic carbocycles. The van der Waals surface area contributed by atoms with Crippen LogP contribution in [0.2, 0.25) is 23.1 Å². The summed E-state index contributed by atoms with van der Waals surface area (Å²) in [7, 11) is 1.08. The number of halogens is 4. The van der Waals surface area contributed by atoms with Gasteiger partial charge >= 0.3 is 26.2 Å². The summed E-state index contributed by atoms with van der Waals surface area (Å²) < 4.78 is 0. The minimum absolute atomic E-state index is 0. The van der Waals surface area contributed by atoms with E-state index in [1.807, 2.05) is 18.2 Å². The van der Waals surface area contributed by atoms with E-state index in [4.69, 9.17) is 23.2 Å². The van der Waals surface area contributed by atoms with Crippen molar-refractivity contribution in [2.24, 2.45) is 0 Å². The molecule has 1 atom stereocenters. The van der Waals surface area contributed by atoms with Crippen LogP contribution >= 0.6 is 23.2 Å². The van der Waals surface area contributed by atoms with Crippen LogP contribution in [0.25, 0.3) is 28.3 Å². The predicted octanol–water partition coefficient (Wildman–Crippen LogP) is 3.76. The number of allylic oxidation sites excluding steroid dienone is 1. The maximum atomic E-state index is 6.61. The van der Waals surface area contributed by atoms with Crippen molar-refractivity contribution in [2.45, 2.75) is 38.8 Å². The number of hydrogen-bond donors (Lipinski definition) is 0. The molecule has 38 heavy (non-hydrogen) atoms. The standard InChI is InChI=1S/C30H21Cl2.C2H6Si.2ClH.Zr/c1-2-18-16-26-23(12-6-13-24(26)30-27(31)14-7-15-28(30)32)29(18)22-11-5-10-21-20-9-4-3-8-19(20)17-25(21)22;1-3-2;;;/h3-10,12-16,29H,2,17H2,1H3;1-2H3;2*1H;/q-1;;;;+3/p-2. The van der Waals surface area contributed by atoms with E-state index in [-0.39, 0.29) is 56.9 Å². The second-order valence-corrected chi connectivity index (χ2v) is 10.8. The smallest absolute Gasteiger partial charge is 1.00 e. The molecule has 191 valence electrons. The summed E-state index contributed by atoms with van der Waals surface area (Å²) in [6.07, 6.45) is 4.31. The first kappa shape index (κ1) is 33.1. The summed E-state index contributed by atoms with van der Waals surface area (Å²) in [6.45, 7) is 6.55. The zero-order valence-electron chi connectivity index (χ0n) is 21.5. The quantitative estimate of drug-likeness (QED) is 0.203. The van der Waals surface area contributed by atoms with Crippen molar-refractivity contribution < 1.29 is 51.0 Å². The van der Waals surface area contributed by atoms with Crippen molar-refractivity contribution in [1.29, 1.82) is 0 Å². The van der Waals surface area contributed by atoms with Crippen molar-refractivity contribution >= 4 is 38.8 Å². The Labute approximate surface area is 271 Å². The Hall–Kier alpha value is -1.12. The third-order valence-corrected chi connectivity index (χ3v) is 7.52. The molecule has 0 N–H and O–H groups in total. The molecule has 0 bridgehead atoms. The van der Waals surface area contributed by atoms with Gasteiger partial charge in [-0.25, -0.2) is 0 Å². The van der Waals surface area contributed by atoms with E-state index in [2.05, 4.69) is 86.8 Å². The van der Waals surface area contributed by atoms with Crippen LogP contribution in [0.3, 0.4) is 0 Å². The number of fused-ring (bicyclic) bond motifs is 4. The molecule has 2 aliphatic carbocycles. The summed E-state index contributed by atoms with van der Waals surface area (Å²) in [5.74, 6) is 0.209. The molecule has 1 unspecified atom stereocenters. The monoisotopic (exact) mass is 669 g/mol. The summed E-state index contributed by atoms with van der Waals surface area (Å²) in [5, 5.41) is 1.37. The van der Waals surface area contributed by atoms with Gasteiger partial charge in [0.2, 0.25) is 0 Å². The maximum absolute atomic E-state index is 6.61. The Bertz CT molecular complexity index is 1430. The van der Waals surface area contributed by atoms with Crippen molar-refractivity contribution in [3.05, 3.63) is 122 Å². The summed E-state index contributed by atoms with van der Waals surface area (Å²) in [4.78, 5) is 0. The van der Waals surface area contributed by atoms with Gasteiger partial charge in [-0.1, -0.05) is 103 Å². The average Bonchev–Trinajstić information content (AvgIpc) is 3.43. The zero-order chi connectivity index (χ0) is 24.5. The van der Waals surface area contributed by atoms with Gasteiger partial charge in [0.1, 0.15) is 0 Å². The summed E-state index contributed by atoms with van der Waals surface area (Å²) in [5.41, 5.74) is 12.8. The molecular weight excluding hydrogens is 645 g/mol. The van der Waals surface area contributed by atoms with E-state index >= 15 is 0 Å². The first-order valence-corrected chi connectivity index (χ1v) is 14.8. The van der Waals surface area contributed by atoms with Gasteiger partial charge in [0.15, 0.2) is 0 Å². The van der Waals surface area contributed by atoms with Gasteiger partial charge in [-0.05, 0) is 52.8 Å². The normalized spacial score (nSPS) is 13.8. The molecule has 0 fully saturated rings. The maximum Gasteiger partial charge on any atom is 3.00 e. The molecule has 3 radical (unpaired) electrons. The average molecular weight is 673 g/mol. The fraction of sp³-hybridized carbons (Fsp3) is 0.188. The second-order valence-electron chi connectivity index (χ2n) is 9.03. The van der Waals surface area contributed by atoms with Gasteiger partial charge < -0.3 is 24.8 Å². The Morgan fingerprint density at radius 1 is 0.842 bits per heavy atom. The number of hydrogen-bond acceptors (Lipinski definition) is 0. The van der Waals surface area contributed by atoms with E-state index in [0.29, 0.717) is 10.0 Å². The molecular formula is C32H27Cl4SiZr. The van der Waals surface area contributed by atoms with E-state index in [0.717, 1.165) is 33.5 Å². The third-order valence-electron chi connectivity index (χ3n) is 6.89. The molecule has 0 heterocycles.